The van der Waals surface area contributed by atoms with E-state index in [4.69, 9.17) is 16.6 Å². The van der Waals surface area contributed by atoms with Gasteiger partial charge < -0.3 is 15.1 Å². The van der Waals surface area contributed by atoms with Gasteiger partial charge in [-0.3, -0.25) is 9.59 Å². The maximum absolute atomic E-state index is 12.7. The number of hydrogen-bond acceptors (Lipinski definition) is 5. The van der Waals surface area contributed by atoms with Crippen molar-refractivity contribution in [1.29, 1.82) is 0 Å². The molecule has 0 bridgehead atoms. The average Bonchev–Trinajstić information content (AvgIpc) is 3.33. The zero-order valence-corrected chi connectivity index (χ0v) is 21.3. The van der Waals surface area contributed by atoms with Crippen molar-refractivity contribution < 1.29 is 14.0 Å². The lowest BCUT2D eigenvalue weighted by atomic mass is 10.0. The predicted molar refractivity (Wildman–Crippen MR) is 140 cm³/mol. The van der Waals surface area contributed by atoms with E-state index in [1.165, 1.54) is 17.3 Å². The number of nitrogens with one attached hydrogen (secondary N) is 2. The summed E-state index contributed by atoms with van der Waals surface area (Å²) in [6, 6.07) is 13.5. The van der Waals surface area contributed by atoms with Crippen LogP contribution in [0.15, 0.2) is 53.1 Å². The minimum absolute atomic E-state index is 0.0563. The molecule has 2 rings (SSSR count). The summed E-state index contributed by atoms with van der Waals surface area (Å²) in [5.41, 5.74) is 1.19. The van der Waals surface area contributed by atoms with Crippen molar-refractivity contribution in [3.63, 3.8) is 0 Å². The van der Waals surface area contributed by atoms with Gasteiger partial charge in [0, 0.05) is 19.4 Å². The van der Waals surface area contributed by atoms with Crippen LogP contribution in [0.25, 0.3) is 0 Å². The fourth-order valence-electron chi connectivity index (χ4n) is 3.35. The number of Topliss-reactive ketones (excluding diaryl/α,β-unsaturated/α-hetero) is 1. The van der Waals surface area contributed by atoms with Gasteiger partial charge in [-0.2, -0.15) is 0 Å². The van der Waals surface area contributed by atoms with Crippen molar-refractivity contribution in [2.45, 2.75) is 64.2 Å². The van der Waals surface area contributed by atoms with Crippen molar-refractivity contribution in [2.75, 3.05) is 12.3 Å². The number of unbranched alkanes of at least 4 members (excludes halogenated alkanes) is 1. The first-order chi connectivity index (χ1) is 16.0. The second kappa shape index (κ2) is 15.7. The van der Waals surface area contributed by atoms with Crippen LogP contribution in [-0.4, -0.2) is 35.0 Å². The molecule has 33 heavy (non-hydrogen) atoms. The molecule has 0 spiro atoms. The number of ketones is 1. The first-order valence-electron chi connectivity index (χ1n) is 11.7. The minimum Gasteiger partial charge on any atom is -0.468 e. The van der Waals surface area contributed by atoms with Gasteiger partial charge in [0.1, 0.15) is 5.76 Å². The minimum atomic E-state index is -0.409. The SMILES string of the molecule is CCCC[C@H](NC(=O)CC[C@H](C)CNC(=S)Cc1ccccc1)C(=O)CSCc1ccco1. The topological polar surface area (TPSA) is 71.3 Å². The van der Waals surface area contributed by atoms with Gasteiger partial charge in [0.15, 0.2) is 5.78 Å². The van der Waals surface area contributed by atoms with Gasteiger partial charge in [-0.25, -0.2) is 0 Å². The highest BCUT2D eigenvalue weighted by Gasteiger charge is 2.20. The highest BCUT2D eigenvalue weighted by atomic mass is 32.2. The number of furan rings is 1. The van der Waals surface area contributed by atoms with E-state index in [0.717, 1.165) is 43.0 Å². The lowest BCUT2D eigenvalue weighted by molar-refractivity contribution is -0.127. The van der Waals surface area contributed by atoms with E-state index in [0.29, 0.717) is 30.3 Å². The third kappa shape index (κ3) is 11.5. The molecule has 1 amide bonds. The number of rotatable bonds is 16. The van der Waals surface area contributed by atoms with Crippen molar-refractivity contribution in [3.05, 3.63) is 60.1 Å². The molecule has 0 fully saturated rings. The normalized spacial score (nSPS) is 12.7. The molecular formula is C26H36N2O3S2. The Balaban J connectivity index is 1.68. The second-order valence-electron chi connectivity index (χ2n) is 8.41. The Hall–Kier alpha value is -2.12. The van der Waals surface area contributed by atoms with E-state index < -0.39 is 6.04 Å². The molecule has 1 heterocycles. The summed E-state index contributed by atoms with van der Waals surface area (Å²) in [6.45, 7) is 4.93. The third-order valence-electron chi connectivity index (χ3n) is 5.36. The zero-order chi connectivity index (χ0) is 23.9. The van der Waals surface area contributed by atoms with Gasteiger partial charge >= 0.3 is 0 Å². The average molecular weight is 489 g/mol. The van der Waals surface area contributed by atoms with Crippen LogP contribution in [0.4, 0.5) is 0 Å². The Kier molecular flexibility index (Phi) is 12.9. The Morgan fingerprint density at radius 3 is 2.61 bits per heavy atom. The van der Waals surface area contributed by atoms with E-state index in [9.17, 15) is 9.59 Å². The first-order valence-corrected chi connectivity index (χ1v) is 13.3. The van der Waals surface area contributed by atoms with Crippen LogP contribution < -0.4 is 10.6 Å². The first kappa shape index (κ1) is 27.1. The summed E-state index contributed by atoms with van der Waals surface area (Å²) in [4.78, 5) is 26.0. The van der Waals surface area contributed by atoms with Gasteiger partial charge in [0.2, 0.25) is 5.91 Å². The molecule has 0 aliphatic heterocycles. The fourth-order valence-corrected chi connectivity index (χ4v) is 4.47. The predicted octanol–water partition coefficient (Wildman–Crippen LogP) is 5.33. The largest absolute Gasteiger partial charge is 0.468 e. The van der Waals surface area contributed by atoms with Crippen LogP contribution in [-0.2, 0) is 21.8 Å². The van der Waals surface area contributed by atoms with E-state index >= 15 is 0 Å². The number of carbonyl (C=O) groups excluding carboxylic acids is 2. The molecule has 0 aliphatic rings. The van der Waals surface area contributed by atoms with Gasteiger partial charge in [-0.05, 0) is 36.5 Å². The van der Waals surface area contributed by atoms with E-state index in [1.54, 1.807) is 6.26 Å². The van der Waals surface area contributed by atoms with Crippen LogP contribution in [0.1, 0.15) is 57.3 Å². The summed E-state index contributed by atoms with van der Waals surface area (Å²) in [5.74, 6) is 2.21. The molecule has 2 atom stereocenters. The summed E-state index contributed by atoms with van der Waals surface area (Å²) in [7, 11) is 0. The summed E-state index contributed by atoms with van der Waals surface area (Å²) in [5, 5.41) is 6.29. The molecule has 1 aromatic carbocycles. The van der Waals surface area contributed by atoms with E-state index in [2.05, 4.69) is 36.6 Å². The van der Waals surface area contributed by atoms with Gasteiger partial charge in [0.25, 0.3) is 0 Å². The molecule has 5 nitrogen and oxygen atoms in total. The molecule has 1 aromatic heterocycles. The number of benzene rings is 1. The summed E-state index contributed by atoms with van der Waals surface area (Å²) < 4.78 is 5.31. The summed E-state index contributed by atoms with van der Waals surface area (Å²) in [6.07, 6.45) is 6.10. The Labute approximate surface area is 207 Å². The maximum atomic E-state index is 12.7. The number of thioether (sulfide) groups is 1. The molecular weight excluding hydrogens is 452 g/mol. The molecule has 0 radical (unpaired) electrons. The monoisotopic (exact) mass is 488 g/mol. The van der Waals surface area contributed by atoms with E-state index in [-0.39, 0.29) is 11.7 Å². The molecule has 0 unspecified atom stereocenters. The van der Waals surface area contributed by atoms with Gasteiger partial charge in [0.05, 0.1) is 28.8 Å². The Morgan fingerprint density at radius 1 is 1.12 bits per heavy atom. The molecule has 0 saturated carbocycles. The third-order valence-corrected chi connectivity index (χ3v) is 6.62. The number of amides is 1. The van der Waals surface area contributed by atoms with Crippen molar-refractivity contribution >= 4 is 40.7 Å². The number of carbonyl (C=O) groups is 2. The summed E-state index contributed by atoms with van der Waals surface area (Å²) >= 11 is 6.96. The van der Waals surface area contributed by atoms with Gasteiger partial charge in [-0.15, -0.1) is 11.8 Å². The standard InChI is InChI=1S/C26H36N2O3S2/c1-3-4-12-23(24(29)19-33-18-22-11-8-15-31-22)28-25(30)14-13-20(2)17-27-26(32)16-21-9-6-5-7-10-21/h5-11,15,20,23H,3-4,12-14,16-19H2,1-2H3,(H,27,32)(H,28,30)/t20-,23-/m0/s1. The van der Waals surface area contributed by atoms with Crippen molar-refractivity contribution in [3.8, 4) is 0 Å². The van der Waals surface area contributed by atoms with Gasteiger partial charge in [-0.1, -0.05) is 69.2 Å². The lowest BCUT2D eigenvalue weighted by Gasteiger charge is -2.19. The molecule has 2 aromatic rings. The van der Waals surface area contributed by atoms with Crippen molar-refractivity contribution in [2.24, 2.45) is 5.92 Å². The quantitative estimate of drug-likeness (QED) is 0.311. The van der Waals surface area contributed by atoms with Crippen LogP contribution in [0.3, 0.4) is 0 Å². The second-order valence-corrected chi connectivity index (χ2v) is 9.89. The highest BCUT2D eigenvalue weighted by molar-refractivity contribution is 7.99. The van der Waals surface area contributed by atoms with Crippen LogP contribution in [0.2, 0.25) is 0 Å². The number of thiocarbonyl (C=S) groups is 1. The Morgan fingerprint density at radius 2 is 1.91 bits per heavy atom. The lowest BCUT2D eigenvalue weighted by Crippen LogP contribution is -2.42. The number of hydrogen-bond donors (Lipinski definition) is 2. The van der Waals surface area contributed by atoms with Crippen LogP contribution in [0, 0.1) is 5.92 Å². The Bertz CT molecular complexity index is 840. The zero-order valence-electron chi connectivity index (χ0n) is 19.7. The molecule has 2 N–H and O–H groups in total. The molecule has 180 valence electrons. The molecule has 0 aliphatic carbocycles. The maximum Gasteiger partial charge on any atom is 0.220 e. The van der Waals surface area contributed by atoms with Crippen LogP contribution in [0.5, 0.6) is 0 Å². The van der Waals surface area contributed by atoms with Crippen molar-refractivity contribution in [1.82, 2.24) is 10.6 Å². The molecule has 0 saturated heterocycles. The molecule has 7 heteroatoms. The highest BCUT2D eigenvalue weighted by Crippen LogP contribution is 2.15. The van der Waals surface area contributed by atoms with E-state index in [1.807, 2.05) is 30.3 Å². The smallest absolute Gasteiger partial charge is 0.220 e. The van der Waals surface area contributed by atoms with Crippen LogP contribution >= 0.6 is 24.0 Å². The fraction of sp³-hybridized carbons (Fsp3) is 0.500.